The molecule has 0 atom stereocenters. The minimum atomic E-state index is 0.453. The van der Waals surface area contributed by atoms with Gasteiger partial charge < -0.3 is 9.80 Å². The number of hydrogen-bond donors (Lipinski definition) is 0. The first kappa shape index (κ1) is 14.6. The number of benzene rings is 1. The summed E-state index contributed by atoms with van der Waals surface area (Å²) in [6.07, 6.45) is 0. The summed E-state index contributed by atoms with van der Waals surface area (Å²) in [6, 6.07) is 9.32. The van der Waals surface area contributed by atoms with E-state index < -0.39 is 0 Å². The zero-order valence-electron chi connectivity index (χ0n) is 11.8. The largest absolute Gasteiger partial charge is 0.354 e. The van der Waals surface area contributed by atoms with E-state index in [1.807, 2.05) is 30.3 Å². The zero-order valence-corrected chi connectivity index (χ0v) is 13.3. The average molecular weight is 323 g/mol. The maximum absolute atomic E-state index is 6.17. The van der Waals surface area contributed by atoms with Crippen molar-refractivity contribution in [2.75, 3.05) is 38.1 Å². The third-order valence-electron chi connectivity index (χ3n) is 3.59. The van der Waals surface area contributed by atoms with Gasteiger partial charge in [0.25, 0.3) is 0 Å². The van der Waals surface area contributed by atoms with Crippen LogP contribution in [0.25, 0.3) is 11.4 Å². The minimum Gasteiger partial charge on any atom is -0.354 e. The Hall–Kier alpha value is -1.36. The molecule has 1 aromatic carbocycles. The van der Waals surface area contributed by atoms with Crippen LogP contribution in [0.4, 0.5) is 5.82 Å². The van der Waals surface area contributed by atoms with E-state index in [0.717, 1.165) is 37.6 Å². The molecule has 0 bridgehead atoms. The molecule has 0 saturated carbocycles. The van der Waals surface area contributed by atoms with Crippen LogP contribution in [0.3, 0.4) is 0 Å². The number of nitrogens with zero attached hydrogens (tertiary/aromatic N) is 4. The maximum atomic E-state index is 6.17. The first-order valence-electron chi connectivity index (χ1n) is 6.86. The molecule has 1 saturated heterocycles. The Kier molecular flexibility index (Phi) is 4.29. The lowest BCUT2D eigenvalue weighted by molar-refractivity contribution is 0.312. The van der Waals surface area contributed by atoms with Crippen molar-refractivity contribution in [3.8, 4) is 11.4 Å². The third-order valence-corrected chi connectivity index (χ3v) is 4.02. The highest BCUT2D eigenvalue weighted by molar-refractivity contribution is 6.31. The number of hydrogen-bond acceptors (Lipinski definition) is 4. The Labute approximate surface area is 134 Å². The Morgan fingerprint density at radius 2 is 1.76 bits per heavy atom. The van der Waals surface area contributed by atoms with E-state index in [-0.39, 0.29) is 0 Å². The van der Waals surface area contributed by atoms with Gasteiger partial charge in [-0.1, -0.05) is 35.3 Å². The number of halogens is 2. The van der Waals surface area contributed by atoms with Crippen molar-refractivity contribution in [1.29, 1.82) is 0 Å². The topological polar surface area (TPSA) is 32.3 Å². The molecule has 2 heterocycles. The molecular formula is C15H16Cl2N4. The molecule has 2 aromatic rings. The van der Waals surface area contributed by atoms with Gasteiger partial charge in [0.2, 0.25) is 0 Å². The highest BCUT2D eigenvalue weighted by atomic mass is 35.5. The van der Waals surface area contributed by atoms with Gasteiger partial charge in [0.05, 0.1) is 0 Å². The second-order valence-electron chi connectivity index (χ2n) is 5.17. The fraction of sp³-hybridized carbons (Fsp3) is 0.333. The highest BCUT2D eigenvalue weighted by Crippen LogP contribution is 2.25. The molecule has 0 spiro atoms. The Morgan fingerprint density at radius 3 is 2.48 bits per heavy atom. The van der Waals surface area contributed by atoms with E-state index in [9.17, 15) is 0 Å². The number of aromatic nitrogens is 2. The summed E-state index contributed by atoms with van der Waals surface area (Å²) in [5.41, 5.74) is 0.875. The molecule has 1 aliphatic heterocycles. The van der Waals surface area contributed by atoms with Gasteiger partial charge in [-0.05, 0) is 19.2 Å². The quantitative estimate of drug-likeness (QED) is 0.795. The van der Waals surface area contributed by atoms with Crippen LogP contribution in [0.5, 0.6) is 0 Å². The van der Waals surface area contributed by atoms with Crippen molar-refractivity contribution in [2.45, 2.75) is 0 Å². The predicted molar refractivity (Wildman–Crippen MR) is 87.2 cm³/mol. The van der Waals surface area contributed by atoms with Crippen LogP contribution in [0.2, 0.25) is 10.2 Å². The van der Waals surface area contributed by atoms with Crippen LogP contribution in [0.15, 0.2) is 30.3 Å². The Balaban J connectivity index is 1.93. The van der Waals surface area contributed by atoms with Crippen molar-refractivity contribution < 1.29 is 0 Å². The number of anilines is 1. The second kappa shape index (κ2) is 6.18. The maximum Gasteiger partial charge on any atom is 0.163 e. The van der Waals surface area contributed by atoms with Gasteiger partial charge in [-0.25, -0.2) is 9.97 Å². The summed E-state index contributed by atoms with van der Waals surface area (Å²) in [7, 11) is 2.13. The lowest BCUT2D eigenvalue weighted by Gasteiger charge is -2.33. The normalized spacial score (nSPS) is 16.2. The molecule has 6 heteroatoms. The van der Waals surface area contributed by atoms with Crippen LogP contribution in [-0.4, -0.2) is 48.1 Å². The van der Waals surface area contributed by atoms with E-state index in [2.05, 4.69) is 26.8 Å². The predicted octanol–water partition coefficient (Wildman–Crippen LogP) is 3.20. The van der Waals surface area contributed by atoms with Gasteiger partial charge in [0.15, 0.2) is 5.82 Å². The smallest absolute Gasteiger partial charge is 0.163 e. The number of rotatable bonds is 2. The fourth-order valence-electron chi connectivity index (χ4n) is 2.36. The molecule has 21 heavy (non-hydrogen) atoms. The number of piperazine rings is 1. The van der Waals surface area contributed by atoms with Crippen LogP contribution < -0.4 is 4.90 Å². The van der Waals surface area contributed by atoms with Crippen molar-refractivity contribution in [1.82, 2.24) is 14.9 Å². The highest BCUT2D eigenvalue weighted by Gasteiger charge is 2.17. The lowest BCUT2D eigenvalue weighted by Crippen LogP contribution is -2.44. The molecule has 3 rings (SSSR count). The van der Waals surface area contributed by atoms with Gasteiger partial charge in [-0.3, -0.25) is 0 Å². The van der Waals surface area contributed by atoms with E-state index >= 15 is 0 Å². The van der Waals surface area contributed by atoms with E-state index in [4.69, 9.17) is 23.2 Å². The SMILES string of the molecule is CN1CCN(c2cc(Cl)nc(-c3cccc(Cl)c3)n2)CC1. The number of likely N-dealkylation sites (N-methyl/N-ethyl adjacent to an activating group) is 1. The van der Waals surface area contributed by atoms with Gasteiger partial charge >= 0.3 is 0 Å². The minimum absolute atomic E-state index is 0.453. The van der Waals surface area contributed by atoms with Gasteiger partial charge in [-0.2, -0.15) is 0 Å². The summed E-state index contributed by atoms with van der Waals surface area (Å²) in [5.74, 6) is 1.48. The molecule has 4 nitrogen and oxygen atoms in total. The summed E-state index contributed by atoms with van der Waals surface area (Å²) < 4.78 is 0. The van der Waals surface area contributed by atoms with Gasteiger partial charge in [-0.15, -0.1) is 0 Å². The zero-order chi connectivity index (χ0) is 14.8. The Morgan fingerprint density at radius 1 is 1.00 bits per heavy atom. The molecule has 0 unspecified atom stereocenters. The molecule has 1 fully saturated rings. The van der Waals surface area contributed by atoms with E-state index in [1.54, 1.807) is 0 Å². The van der Waals surface area contributed by atoms with Crippen molar-refractivity contribution in [2.24, 2.45) is 0 Å². The van der Waals surface area contributed by atoms with Crippen molar-refractivity contribution in [3.63, 3.8) is 0 Å². The van der Waals surface area contributed by atoms with Gasteiger partial charge in [0.1, 0.15) is 11.0 Å². The molecule has 1 aromatic heterocycles. The molecule has 0 radical (unpaired) electrons. The molecule has 1 aliphatic rings. The van der Waals surface area contributed by atoms with Crippen molar-refractivity contribution >= 4 is 29.0 Å². The van der Waals surface area contributed by atoms with Gasteiger partial charge in [0, 0.05) is 42.8 Å². The first-order valence-corrected chi connectivity index (χ1v) is 7.61. The first-order chi connectivity index (χ1) is 10.1. The lowest BCUT2D eigenvalue weighted by atomic mass is 10.2. The molecule has 0 amide bonds. The standard InChI is InChI=1S/C15H16Cl2N4/c1-20-5-7-21(8-6-20)14-10-13(17)18-15(19-14)11-3-2-4-12(16)9-11/h2-4,9-10H,5-8H2,1H3. The molecule has 110 valence electrons. The van der Waals surface area contributed by atoms with Crippen LogP contribution >= 0.6 is 23.2 Å². The second-order valence-corrected chi connectivity index (χ2v) is 6.00. The molecular weight excluding hydrogens is 307 g/mol. The van der Waals surface area contributed by atoms with Crippen LogP contribution in [-0.2, 0) is 0 Å². The van der Waals surface area contributed by atoms with E-state index in [1.165, 1.54) is 0 Å². The van der Waals surface area contributed by atoms with Crippen LogP contribution in [0, 0.1) is 0 Å². The third kappa shape index (κ3) is 3.46. The fourth-order valence-corrected chi connectivity index (χ4v) is 2.73. The summed E-state index contributed by atoms with van der Waals surface area (Å²) in [4.78, 5) is 13.5. The summed E-state index contributed by atoms with van der Waals surface area (Å²) in [5, 5.41) is 1.12. The van der Waals surface area contributed by atoms with E-state index in [0.29, 0.717) is 16.0 Å². The summed E-state index contributed by atoms with van der Waals surface area (Å²) in [6.45, 7) is 3.93. The Bertz CT molecular complexity index is 639. The van der Waals surface area contributed by atoms with Crippen LogP contribution in [0.1, 0.15) is 0 Å². The average Bonchev–Trinajstić information content (AvgIpc) is 2.47. The molecule has 0 N–H and O–H groups in total. The van der Waals surface area contributed by atoms with Crippen molar-refractivity contribution in [3.05, 3.63) is 40.5 Å². The summed E-state index contributed by atoms with van der Waals surface area (Å²) >= 11 is 12.2. The monoisotopic (exact) mass is 322 g/mol. The molecule has 0 aliphatic carbocycles.